The third-order valence-corrected chi connectivity index (χ3v) is 5.26. The van der Waals surface area contributed by atoms with E-state index < -0.39 is 11.0 Å². The molecule has 1 saturated heterocycles. The van der Waals surface area contributed by atoms with Gasteiger partial charge in [0.05, 0.1) is 22.8 Å². The Kier molecular flexibility index (Phi) is 4.88. The first-order valence-electron chi connectivity index (χ1n) is 8.65. The number of thiazole rings is 1. The monoisotopic (exact) mass is 376 g/mol. The van der Waals surface area contributed by atoms with Gasteiger partial charge in [-0.2, -0.15) is 0 Å². The van der Waals surface area contributed by atoms with Crippen LogP contribution in [0.15, 0.2) is 17.8 Å². The molecule has 0 aliphatic carbocycles. The van der Waals surface area contributed by atoms with E-state index in [-0.39, 0.29) is 12.0 Å². The summed E-state index contributed by atoms with van der Waals surface area (Å²) in [7, 11) is 0. The zero-order valence-corrected chi connectivity index (χ0v) is 16.4. The quantitative estimate of drug-likeness (QED) is 0.864. The number of nitrogens with one attached hydrogen (secondary N) is 1. The maximum atomic E-state index is 12.8. The summed E-state index contributed by atoms with van der Waals surface area (Å²) in [5.41, 5.74) is 2.10. The molecule has 140 valence electrons. The predicted octanol–water partition coefficient (Wildman–Crippen LogP) is 3.67. The lowest BCUT2D eigenvalue weighted by molar-refractivity contribution is -0.127. The maximum Gasteiger partial charge on any atom is 0.410 e. The van der Waals surface area contributed by atoms with Crippen molar-refractivity contribution in [3.05, 3.63) is 17.8 Å². The number of fused-ring (bicyclic) bond motifs is 1. The molecule has 7 nitrogen and oxygen atoms in total. The molecule has 3 rings (SSSR count). The van der Waals surface area contributed by atoms with Crippen LogP contribution in [0, 0.1) is 5.41 Å². The molecule has 0 atom stereocenters. The van der Waals surface area contributed by atoms with E-state index in [0.29, 0.717) is 31.6 Å². The second-order valence-electron chi connectivity index (χ2n) is 7.88. The summed E-state index contributed by atoms with van der Waals surface area (Å²) in [4.78, 5) is 36.0. The molecule has 0 radical (unpaired) electrons. The standard InChI is InChI=1S/C18H24N4O3S/c1-17(2,3)25-16(24)22-7-5-18(4,6-8-22)15(23)21-12-9-13-14(19-10-12)26-11-20-13/h9-11H,5-8H2,1-4H3,(H,21,23). The van der Waals surface area contributed by atoms with Gasteiger partial charge in [-0.3, -0.25) is 4.79 Å². The van der Waals surface area contributed by atoms with Gasteiger partial charge in [0.15, 0.2) is 0 Å². The lowest BCUT2D eigenvalue weighted by Gasteiger charge is -2.38. The number of piperidine rings is 1. The van der Waals surface area contributed by atoms with Crippen LogP contribution in [0.3, 0.4) is 0 Å². The van der Waals surface area contributed by atoms with Crippen LogP contribution in [0.4, 0.5) is 10.5 Å². The molecule has 2 amide bonds. The molecular formula is C18H24N4O3S. The number of amides is 2. The van der Waals surface area contributed by atoms with E-state index >= 15 is 0 Å². The number of hydrogen-bond acceptors (Lipinski definition) is 6. The third kappa shape index (κ3) is 4.12. The number of pyridine rings is 1. The normalized spacial score (nSPS) is 17.2. The summed E-state index contributed by atoms with van der Waals surface area (Å²) in [6, 6.07) is 1.83. The highest BCUT2D eigenvalue weighted by Gasteiger charge is 2.39. The van der Waals surface area contributed by atoms with Crippen molar-refractivity contribution in [3.63, 3.8) is 0 Å². The largest absolute Gasteiger partial charge is 0.444 e. The first-order valence-corrected chi connectivity index (χ1v) is 9.53. The van der Waals surface area contributed by atoms with Gasteiger partial charge in [-0.05, 0) is 39.7 Å². The molecule has 0 aromatic carbocycles. The topological polar surface area (TPSA) is 84.4 Å². The van der Waals surface area contributed by atoms with Gasteiger partial charge in [-0.25, -0.2) is 14.8 Å². The molecule has 0 saturated carbocycles. The number of hydrogen-bond donors (Lipinski definition) is 1. The van der Waals surface area contributed by atoms with Crippen molar-refractivity contribution in [1.29, 1.82) is 0 Å². The average Bonchev–Trinajstić information content (AvgIpc) is 3.01. The Morgan fingerprint density at radius 3 is 2.62 bits per heavy atom. The highest BCUT2D eigenvalue weighted by Crippen LogP contribution is 2.33. The minimum Gasteiger partial charge on any atom is -0.444 e. The predicted molar refractivity (Wildman–Crippen MR) is 101 cm³/mol. The molecule has 0 spiro atoms. The SMILES string of the molecule is CC(C)(C)OC(=O)N1CCC(C)(C(=O)Nc2cnc3scnc3c2)CC1. The van der Waals surface area contributed by atoms with Crippen LogP contribution < -0.4 is 5.32 Å². The molecule has 1 N–H and O–H groups in total. The van der Waals surface area contributed by atoms with E-state index in [1.54, 1.807) is 16.6 Å². The summed E-state index contributed by atoms with van der Waals surface area (Å²) in [5.74, 6) is -0.0577. The molecule has 2 aromatic heterocycles. The Bertz CT molecular complexity index is 819. The minimum atomic E-state index is -0.532. The number of ether oxygens (including phenoxy) is 1. The van der Waals surface area contributed by atoms with Gasteiger partial charge >= 0.3 is 6.09 Å². The van der Waals surface area contributed by atoms with Crippen LogP contribution in [0.1, 0.15) is 40.5 Å². The van der Waals surface area contributed by atoms with Gasteiger partial charge in [0.2, 0.25) is 5.91 Å². The van der Waals surface area contributed by atoms with E-state index in [0.717, 1.165) is 10.3 Å². The molecule has 8 heteroatoms. The van der Waals surface area contributed by atoms with E-state index in [2.05, 4.69) is 15.3 Å². The summed E-state index contributed by atoms with van der Waals surface area (Å²) in [6.07, 6.45) is 2.50. The minimum absolute atomic E-state index is 0.0577. The van der Waals surface area contributed by atoms with Gasteiger partial charge in [0.25, 0.3) is 0 Å². The zero-order valence-electron chi connectivity index (χ0n) is 15.5. The molecule has 3 heterocycles. The molecular weight excluding hydrogens is 352 g/mol. The van der Waals surface area contributed by atoms with Crippen LogP contribution in [-0.4, -0.2) is 45.6 Å². The van der Waals surface area contributed by atoms with Crippen molar-refractivity contribution >= 4 is 39.4 Å². The fraction of sp³-hybridized carbons (Fsp3) is 0.556. The second kappa shape index (κ2) is 6.83. The number of aromatic nitrogens is 2. The number of rotatable bonds is 2. The van der Waals surface area contributed by atoms with Crippen LogP contribution in [0.25, 0.3) is 10.3 Å². The highest BCUT2D eigenvalue weighted by molar-refractivity contribution is 7.16. The molecule has 0 unspecified atom stereocenters. The Labute approximate surface area is 156 Å². The first kappa shape index (κ1) is 18.6. The van der Waals surface area contributed by atoms with E-state index in [1.807, 2.05) is 33.8 Å². The molecule has 0 bridgehead atoms. The van der Waals surface area contributed by atoms with Crippen molar-refractivity contribution in [2.75, 3.05) is 18.4 Å². The maximum absolute atomic E-state index is 12.8. The summed E-state index contributed by atoms with van der Waals surface area (Å²) < 4.78 is 5.41. The Morgan fingerprint density at radius 2 is 1.96 bits per heavy atom. The molecule has 2 aromatic rings. The number of carbonyl (C=O) groups excluding carboxylic acids is 2. The molecule has 1 aliphatic rings. The fourth-order valence-corrected chi connectivity index (χ4v) is 3.46. The van der Waals surface area contributed by atoms with Gasteiger partial charge in [-0.1, -0.05) is 6.92 Å². The molecule has 26 heavy (non-hydrogen) atoms. The summed E-state index contributed by atoms with van der Waals surface area (Å²) in [5, 5.41) is 2.94. The van der Waals surface area contributed by atoms with Crippen LogP contribution >= 0.6 is 11.3 Å². The lowest BCUT2D eigenvalue weighted by atomic mass is 9.79. The van der Waals surface area contributed by atoms with Crippen molar-refractivity contribution in [2.24, 2.45) is 5.41 Å². The van der Waals surface area contributed by atoms with Gasteiger partial charge in [0, 0.05) is 13.1 Å². The Hall–Kier alpha value is -2.22. The number of anilines is 1. The second-order valence-corrected chi connectivity index (χ2v) is 8.72. The highest BCUT2D eigenvalue weighted by atomic mass is 32.1. The number of likely N-dealkylation sites (tertiary alicyclic amines) is 1. The van der Waals surface area contributed by atoms with Crippen LogP contribution in [0.5, 0.6) is 0 Å². The summed E-state index contributed by atoms with van der Waals surface area (Å²) >= 11 is 1.46. The first-order chi connectivity index (χ1) is 12.2. The van der Waals surface area contributed by atoms with Gasteiger partial charge in [-0.15, -0.1) is 11.3 Å². The van der Waals surface area contributed by atoms with Crippen molar-refractivity contribution < 1.29 is 14.3 Å². The van der Waals surface area contributed by atoms with E-state index in [9.17, 15) is 9.59 Å². The van der Waals surface area contributed by atoms with Gasteiger partial charge in [0.1, 0.15) is 15.9 Å². The van der Waals surface area contributed by atoms with Crippen LogP contribution in [0.2, 0.25) is 0 Å². The van der Waals surface area contributed by atoms with Crippen molar-refractivity contribution in [2.45, 2.75) is 46.1 Å². The smallest absolute Gasteiger partial charge is 0.410 e. The van der Waals surface area contributed by atoms with Gasteiger partial charge < -0.3 is 15.0 Å². The van der Waals surface area contributed by atoms with E-state index in [1.165, 1.54) is 11.3 Å². The van der Waals surface area contributed by atoms with E-state index in [4.69, 9.17) is 4.74 Å². The third-order valence-electron chi connectivity index (χ3n) is 4.51. The average molecular weight is 376 g/mol. The van der Waals surface area contributed by atoms with Crippen LogP contribution in [-0.2, 0) is 9.53 Å². The number of nitrogens with zero attached hydrogens (tertiary/aromatic N) is 3. The van der Waals surface area contributed by atoms with Crippen molar-refractivity contribution in [3.8, 4) is 0 Å². The Balaban J connectivity index is 1.60. The van der Waals surface area contributed by atoms with Crippen molar-refractivity contribution in [1.82, 2.24) is 14.9 Å². The fourth-order valence-electron chi connectivity index (χ4n) is 2.84. The zero-order chi connectivity index (χ0) is 18.9. The summed E-state index contributed by atoms with van der Waals surface area (Å²) in [6.45, 7) is 8.48. The Morgan fingerprint density at radius 1 is 1.27 bits per heavy atom. The number of carbonyl (C=O) groups is 2. The molecule has 1 aliphatic heterocycles. The lowest BCUT2D eigenvalue weighted by Crippen LogP contribution is -2.48. The molecule has 1 fully saturated rings.